The summed E-state index contributed by atoms with van der Waals surface area (Å²) < 4.78 is 6.72. The van der Waals surface area contributed by atoms with Crippen molar-refractivity contribution < 1.29 is 9.53 Å². The highest BCUT2D eigenvalue weighted by Crippen LogP contribution is 2.24. The number of nitrogens with one attached hydrogen (secondary N) is 2. The number of methoxy groups -OCH3 is 1. The number of nitrogens with zero attached hydrogens (tertiary/aromatic N) is 2. The number of carbonyl (C=O) groups is 1. The van der Waals surface area contributed by atoms with Gasteiger partial charge in [0.2, 0.25) is 5.91 Å². The second-order valence-corrected chi connectivity index (χ2v) is 7.88. The Kier molecular flexibility index (Phi) is 5.87. The van der Waals surface area contributed by atoms with Crippen molar-refractivity contribution in [3.63, 3.8) is 0 Å². The molecule has 8 heteroatoms. The molecule has 0 atom stereocenters. The first-order chi connectivity index (χ1) is 14.6. The zero-order chi connectivity index (χ0) is 21.1. The van der Waals surface area contributed by atoms with Crippen LogP contribution >= 0.6 is 11.8 Å². The lowest BCUT2D eigenvalue weighted by atomic mass is 10.2. The number of anilines is 1. The molecule has 0 fully saturated rings. The van der Waals surface area contributed by atoms with Crippen molar-refractivity contribution in [2.24, 2.45) is 0 Å². The summed E-state index contributed by atoms with van der Waals surface area (Å²) >= 11 is 1.24. The molecule has 4 rings (SSSR count). The fourth-order valence-corrected chi connectivity index (χ4v) is 4.05. The number of amides is 1. The molecule has 7 nitrogen and oxygen atoms in total. The standard InChI is InChI=1S/C22H22N4O3S/c1-14-7-9-15(10-8-14)23-18(27)13-30-22-25-19-16-5-3-4-6-17(16)24-20(19)21(28)26(22)11-12-29-2/h3-10,24H,11-13H2,1-2H3,(H,23,27). The van der Waals surface area contributed by atoms with Gasteiger partial charge >= 0.3 is 0 Å². The topological polar surface area (TPSA) is 89.0 Å². The number of hydrogen-bond acceptors (Lipinski definition) is 5. The van der Waals surface area contributed by atoms with Crippen molar-refractivity contribution in [3.05, 3.63) is 64.4 Å². The molecule has 0 radical (unpaired) electrons. The van der Waals surface area contributed by atoms with Gasteiger partial charge in [0.1, 0.15) is 11.0 Å². The second-order valence-electron chi connectivity index (χ2n) is 6.94. The van der Waals surface area contributed by atoms with Gasteiger partial charge in [-0.3, -0.25) is 14.2 Å². The van der Waals surface area contributed by atoms with Gasteiger partial charge in [-0.25, -0.2) is 4.98 Å². The highest BCUT2D eigenvalue weighted by Gasteiger charge is 2.16. The largest absolute Gasteiger partial charge is 0.383 e. The molecule has 0 unspecified atom stereocenters. The number of hydrogen-bond donors (Lipinski definition) is 2. The Bertz CT molecular complexity index is 1260. The number of carbonyl (C=O) groups excluding carboxylic acids is 1. The highest BCUT2D eigenvalue weighted by atomic mass is 32.2. The van der Waals surface area contributed by atoms with E-state index < -0.39 is 0 Å². The van der Waals surface area contributed by atoms with E-state index in [1.807, 2.05) is 55.5 Å². The summed E-state index contributed by atoms with van der Waals surface area (Å²) in [6.45, 7) is 2.72. The average Bonchev–Trinajstić information content (AvgIpc) is 3.12. The van der Waals surface area contributed by atoms with Crippen LogP contribution in [0.5, 0.6) is 0 Å². The lowest BCUT2D eigenvalue weighted by Crippen LogP contribution is -2.26. The maximum absolute atomic E-state index is 13.1. The van der Waals surface area contributed by atoms with Gasteiger partial charge in [0.25, 0.3) is 5.56 Å². The van der Waals surface area contributed by atoms with Crippen LogP contribution in [0.25, 0.3) is 21.9 Å². The Morgan fingerprint density at radius 2 is 1.97 bits per heavy atom. The zero-order valence-corrected chi connectivity index (χ0v) is 17.6. The van der Waals surface area contributed by atoms with Gasteiger partial charge in [-0.05, 0) is 25.1 Å². The molecule has 0 bridgehead atoms. The van der Waals surface area contributed by atoms with Crippen molar-refractivity contribution in [1.29, 1.82) is 0 Å². The second kappa shape index (κ2) is 8.73. The third-order valence-electron chi connectivity index (χ3n) is 4.76. The minimum atomic E-state index is -0.172. The van der Waals surface area contributed by atoms with E-state index >= 15 is 0 Å². The molecular formula is C22H22N4O3S. The molecule has 0 spiro atoms. The van der Waals surface area contributed by atoms with Crippen LogP contribution in [-0.2, 0) is 16.1 Å². The smallest absolute Gasteiger partial charge is 0.278 e. The van der Waals surface area contributed by atoms with Crippen molar-refractivity contribution in [1.82, 2.24) is 14.5 Å². The summed E-state index contributed by atoms with van der Waals surface area (Å²) in [6.07, 6.45) is 0. The number of aromatic nitrogens is 3. The Hall–Kier alpha value is -3.10. The minimum absolute atomic E-state index is 0.140. The molecule has 0 aliphatic carbocycles. The number of H-pyrrole nitrogens is 1. The monoisotopic (exact) mass is 422 g/mol. The first-order valence-electron chi connectivity index (χ1n) is 9.56. The van der Waals surface area contributed by atoms with Crippen molar-refractivity contribution in [3.8, 4) is 0 Å². The van der Waals surface area contributed by atoms with Crippen LogP contribution in [0.2, 0.25) is 0 Å². The Morgan fingerprint density at radius 3 is 2.73 bits per heavy atom. The van der Waals surface area contributed by atoms with E-state index in [1.165, 1.54) is 11.8 Å². The van der Waals surface area contributed by atoms with Crippen LogP contribution in [0.3, 0.4) is 0 Å². The van der Waals surface area contributed by atoms with Crippen LogP contribution in [0, 0.1) is 6.92 Å². The molecule has 30 heavy (non-hydrogen) atoms. The third kappa shape index (κ3) is 4.10. The molecule has 2 aromatic carbocycles. The predicted molar refractivity (Wildman–Crippen MR) is 120 cm³/mol. The van der Waals surface area contributed by atoms with E-state index in [1.54, 1.807) is 11.7 Å². The van der Waals surface area contributed by atoms with Crippen LogP contribution in [0.15, 0.2) is 58.5 Å². The van der Waals surface area contributed by atoms with E-state index in [0.717, 1.165) is 22.2 Å². The third-order valence-corrected chi connectivity index (χ3v) is 5.74. The van der Waals surface area contributed by atoms with Crippen molar-refractivity contribution in [2.75, 3.05) is 24.8 Å². The van der Waals surface area contributed by atoms with Gasteiger partial charge in [-0.1, -0.05) is 47.7 Å². The molecule has 0 saturated heterocycles. The maximum Gasteiger partial charge on any atom is 0.278 e. The molecule has 154 valence electrons. The predicted octanol–water partition coefficient (Wildman–Crippen LogP) is 3.56. The molecule has 2 aromatic heterocycles. The lowest BCUT2D eigenvalue weighted by molar-refractivity contribution is -0.113. The summed E-state index contributed by atoms with van der Waals surface area (Å²) in [5.74, 6) is -0.0170. The number of ether oxygens (including phenoxy) is 1. The van der Waals surface area contributed by atoms with Crippen molar-refractivity contribution in [2.45, 2.75) is 18.6 Å². The molecule has 0 saturated carbocycles. The SMILES string of the molecule is COCCn1c(SCC(=O)Nc2ccc(C)cc2)nc2c([nH]c3ccccc32)c1=O. The van der Waals surface area contributed by atoms with E-state index in [-0.39, 0.29) is 17.2 Å². The fourth-order valence-electron chi connectivity index (χ4n) is 3.23. The summed E-state index contributed by atoms with van der Waals surface area (Å²) in [5, 5.41) is 4.25. The van der Waals surface area contributed by atoms with Gasteiger partial charge in [-0.2, -0.15) is 0 Å². The van der Waals surface area contributed by atoms with Gasteiger partial charge in [0, 0.05) is 23.7 Å². The average molecular weight is 423 g/mol. The quantitative estimate of drug-likeness (QED) is 0.351. The first-order valence-corrected chi connectivity index (χ1v) is 10.5. The normalized spacial score (nSPS) is 11.3. The van der Waals surface area contributed by atoms with Gasteiger partial charge in [0.05, 0.1) is 18.9 Å². The maximum atomic E-state index is 13.1. The number of thioether (sulfide) groups is 1. The Morgan fingerprint density at radius 1 is 1.20 bits per heavy atom. The molecular weight excluding hydrogens is 400 g/mol. The van der Waals surface area contributed by atoms with Crippen molar-refractivity contribution >= 4 is 45.3 Å². The number of para-hydroxylation sites is 1. The minimum Gasteiger partial charge on any atom is -0.383 e. The number of benzene rings is 2. The number of aromatic amines is 1. The van der Waals surface area contributed by atoms with E-state index in [4.69, 9.17) is 9.72 Å². The van der Waals surface area contributed by atoms with Gasteiger partial charge < -0.3 is 15.0 Å². The summed E-state index contributed by atoms with van der Waals surface area (Å²) in [5.41, 5.74) is 3.62. The van der Waals surface area contributed by atoms with E-state index in [2.05, 4.69) is 10.3 Å². The molecule has 4 aromatic rings. The number of fused-ring (bicyclic) bond motifs is 3. The first kappa shape index (κ1) is 20.2. The van der Waals surface area contributed by atoms with Gasteiger partial charge in [0.15, 0.2) is 5.16 Å². The van der Waals surface area contributed by atoms with Crippen LogP contribution in [-0.4, -0.2) is 39.9 Å². The number of aryl methyl sites for hydroxylation is 1. The fraction of sp³-hybridized carbons (Fsp3) is 0.227. The molecule has 1 amide bonds. The summed E-state index contributed by atoms with van der Waals surface area (Å²) in [6, 6.07) is 15.3. The molecule has 0 aliphatic heterocycles. The molecule has 2 N–H and O–H groups in total. The van der Waals surface area contributed by atoms with Crippen LogP contribution in [0.4, 0.5) is 5.69 Å². The number of rotatable bonds is 7. The molecule has 0 aliphatic rings. The van der Waals surface area contributed by atoms with E-state index in [0.29, 0.717) is 29.3 Å². The zero-order valence-electron chi connectivity index (χ0n) is 16.8. The van der Waals surface area contributed by atoms with Gasteiger partial charge in [-0.15, -0.1) is 0 Å². The molecule has 2 heterocycles. The summed E-state index contributed by atoms with van der Waals surface area (Å²) in [7, 11) is 1.59. The Labute approximate surface area is 177 Å². The highest BCUT2D eigenvalue weighted by molar-refractivity contribution is 7.99. The lowest BCUT2D eigenvalue weighted by Gasteiger charge is -2.12. The van der Waals surface area contributed by atoms with Crippen LogP contribution < -0.4 is 10.9 Å². The Balaban J connectivity index is 1.64. The van der Waals surface area contributed by atoms with E-state index in [9.17, 15) is 9.59 Å². The van der Waals surface area contributed by atoms with Crippen LogP contribution in [0.1, 0.15) is 5.56 Å². The summed E-state index contributed by atoms with van der Waals surface area (Å²) in [4.78, 5) is 33.4.